The first-order valence-corrected chi connectivity index (χ1v) is 12.1. The van der Waals surface area contributed by atoms with Crippen molar-refractivity contribution in [2.45, 2.75) is 56.5 Å². The van der Waals surface area contributed by atoms with Gasteiger partial charge in [-0.25, -0.2) is 4.79 Å². The van der Waals surface area contributed by atoms with Crippen molar-refractivity contribution in [1.29, 1.82) is 0 Å². The zero-order chi connectivity index (χ0) is 23.7. The number of rotatable bonds is 8. The van der Waals surface area contributed by atoms with Gasteiger partial charge in [-0.2, -0.15) is 0 Å². The topological polar surface area (TPSA) is 105 Å². The summed E-state index contributed by atoms with van der Waals surface area (Å²) in [6.45, 7) is 0.259. The number of ether oxygens (including phenoxy) is 1. The fourth-order valence-corrected chi connectivity index (χ4v) is 5.48. The number of carboxylic acids is 1. The Morgan fingerprint density at radius 1 is 0.941 bits per heavy atom. The van der Waals surface area contributed by atoms with Gasteiger partial charge >= 0.3 is 12.1 Å². The molecule has 7 heteroatoms. The maximum Gasteiger partial charge on any atom is 0.407 e. The predicted molar refractivity (Wildman–Crippen MR) is 126 cm³/mol. The summed E-state index contributed by atoms with van der Waals surface area (Å²) < 4.78 is 5.63. The number of benzene rings is 2. The zero-order valence-electron chi connectivity index (χ0n) is 19.0. The molecule has 2 fully saturated rings. The van der Waals surface area contributed by atoms with E-state index in [9.17, 15) is 14.4 Å². The van der Waals surface area contributed by atoms with Crippen molar-refractivity contribution in [2.24, 2.45) is 11.8 Å². The number of hydrogen-bond acceptors (Lipinski definition) is 4. The number of carbonyl (C=O) groups is 3. The van der Waals surface area contributed by atoms with Crippen LogP contribution in [0.25, 0.3) is 11.1 Å². The molecule has 178 valence electrons. The molecule has 0 aliphatic heterocycles. The molecule has 0 heterocycles. The van der Waals surface area contributed by atoms with E-state index < -0.39 is 12.1 Å². The lowest BCUT2D eigenvalue weighted by molar-refractivity contribution is -0.138. The first-order valence-electron chi connectivity index (χ1n) is 12.1. The smallest absolute Gasteiger partial charge is 0.407 e. The lowest BCUT2D eigenvalue weighted by Gasteiger charge is -2.19. The number of amides is 2. The Morgan fingerprint density at radius 2 is 1.59 bits per heavy atom. The number of aliphatic carboxylic acids is 1. The highest BCUT2D eigenvalue weighted by Crippen LogP contribution is 2.44. The van der Waals surface area contributed by atoms with Gasteiger partial charge in [0.25, 0.3) is 0 Å². The fraction of sp³-hybridized carbons (Fsp3) is 0.444. The van der Waals surface area contributed by atoms with Crippen LogP contribution >= 0.6 is 0 Å². The Hall–Kier alpha value is -3.35. The average Bonchev–Trinajstić information content (AvgIpc) is 3.49. The summed E-state index contributed by atoms with van der Waals surface area (Å²) in [7, 11) is 0. The molecule has 0 radical (unpaired) electrons. The van der Waals surface area contributed by atoms with Crippen LogP contribution in [0.5, 0.6) is 0 Å². The SMILES string of the molecule is O=C(O)CC(NC(=O)[C@@H]1CC[C@H](NC(=O)OCC2c3ccccc3-c3ccccc32)C1)C1CC1. The maximum atomic E-state index is 12.7. The Balaban J connectivity index is 1.12. The summed E-state index contributed by atoms with van der Waals surface area (Å²) in [5.74, 6) is -0.924. The number of carbonyl (C=O) groups excluding carboxylic acids is 2. The van der Waals surface area contributed by atoms with Crippen LogP contribution in [0.2, 0.25) is 0 Å². The number of fused-ring (bicyclic) bond motifs is 3. The first kappa shape index (κ1) is 22.4. The zero-order valence-corrected chi connectivity index (χ0v) is 19.0. The highest BCUT2D eigenvalue weighted by molar-refractivity contribution is 5.81. The summed E-state index contributed by atoms with van der Waals surface area (Å²) in [5, 5.41) is 15.0. The van der Waals surface area contributed by atoms with Crippen molar-refractivity contribution in [3.8, 4) is 11.1 Å². The minimum Gasteiger partial charge on any atom is -0.481 e. The van der Waals surface area contributed by atoms with Crippen molar-refractivity contribution in [3.63, 3.8) is 0 Å². The molecule has 2 saturated carbocycles. The van der Waals surface area contributed by atoms with Crippen LogP contribution in [0.1, 0.15) is 55.6 Å². The van der Waals surface area contributed by atoms with Gasteiger partial charge in [-0.05, 0) is 60.3 Å². The van der Waals surface area contributed by atoms with Crippen LogP contribution in [0, 0.1) is 11.8 Å². The van der Waals surface area contributed by atoms with E-state index in [1.165, 1.54) is 22.3 Å². The van der Waals surface area contributed by atoms with Crippen molar-refractivity contribution in [3.05, 3.63) is 59.7 Å². The van der Waals surface area contributed by atoms with E-state index in [1.54, 1.807) is 0 Å². The van der Waals surface area contributed by atoms with Crippen molar-refractivity contribution in [2.75, 3.05) is 6.61 Å². The van der Waals surface area contributed by atoms with Crippen LogP contribution in [-0.4, -0.2) is 41.8 Å². The van der Waals surface area contributed by atoms with Crippen molar-refractivity contribution in [1.82, 2.24) is 10.6 Å². The van der Waals surface area contributed by atoms with Gasteiger partial charge < -0.3 is 20.5 Å². The van der Waals surface area contributed by atoms with Gasteiger partial charge in [0.2, 0.25) is 5.91 Å². The van der Waals surface area contributed by atoms with E-state index in [0.717, 1.165) is 12.8 Å². The van der Waals surface area contributed by atoms with Gasteiger partial charge in [-0.3, -0.25) is 9.59 Å². The standard InChI is InChI=1S/C27H30N2O5/c30-25(31)14-24(16-9-10-16)29-26(32)17-11-12-18(13-17)28-27(33)34-15-23-21-7-3-1-5-19(21)20-6-2-4-8-22(20)23/h1-8,16-18,23-24H,9-15H2,(H,28,33)(H,29,32)(H,30,31)/t17-,18+,24?/m1/s1. The summed E-state index contributed by atoms with van der Waals surface area (Å²) in [6, 6.07) is 16.0. The monoisotopic (exact) mass is 462 g/mol. The molecule has 3 N–H and O–H groups in total. The molecule has 2 aromatic carbocycles. The quantitative estimate of drug-likeness (QED) is 0.549. The Bertz CT molecular complexity index is 1050. The number of carboxylic acid groups (broad SMARTS) is 1. The van der Waals surface area contributed by atoms with E-state index >= 15 is 0 Å². The Kier molecular flexibility index (Phi) is 6.26. The van der Waals surface area contributed by atoms with Crippen LogP contribution in [0.15, 0.2) is 48.5 Å². The fourth-order valence-electron chi connectivity index (χ4n) is 5.48. The molecule has 1 unspecified atom stereocenters. The molecule has 3 atom stereocenters. The molecule has 0 aromatic heterocycles. The second-order valence-electron chi connectivity index (χ2n) is 9.73. The molecule has 34 heavy (non-hydrogen) atoms. The number of nitrogens with one attached hydrogen (secondary N) is 2. The van der Waals surface area contributed by atoms with Gasteiger partial charge in [0.1, 0.15) is 6.61 Å². The maximum absolute atomic E-state index is 12.7. The second-order valence-corrected chi connectivity index (χ2v) is 9.73. The molecule has 2 aromatic rings. The molecule has 3 aliphatic carbocycles. The molecular weight excluding hydrogens is 432 g/mol. The summed E-state index contributed by atoms with van der Waals surface area (Å²) >= 11 is 0. The van der Waals surface area contributed by atoms with Gasteiger partial charge in [-0.1, -0.05) is 48.5 Å². The normalized spacial score (nSPS) is 21.9. The highest BCUT2D eigenvalue weighted by Gasteiger charge is 2.37. The van der Waals surface area contributed by atoms with Gasteiger partial charge in [-0.15, -0.1) is 0 Å². The molecule has 0 saturated heterocycles. The molecule has 0 bridgehead atoms. The largest absolute Gasteiger partial charge is 0.481 e. The summed E-state index contributed by atoms with van der Waals surface area (Å²) in [6.07, 6.45) is 3.35. The van der Waals surface area contributed by atoms with Crippen LogP contribution in [0.4, 0.5) is 4.79 Å². The Labute approximate surface area is 198 Å². The predicted octanol–water partition coefficient (Wildman–Crippen LogP) is 4.06. The van der Waals surface area contributed by atoms with E-state index in [4.69, 9.17) is 9.84 Å². The van der Waals surface area contributed by atoms with Crippen LogP contribution in [0.3, 0.4) is 0 Å². The van der Waals surface area contributed by atoms with Gasteiger partial charge in [0.15, 0.2) is 0 Å². The number of hydrogen-bond donors (Lipinski definition) is 3. The van der Waals surface area contributed by atoms with Crippen LogP contribution < -0.4 is 10.6 Å². The van der Waals surface area contributed by atoms with E-state index in [1.807, 2.05) is 24.3 Å². The molecule has 3 aliphatic rings. The second kappa shape index (κ2) is 9.49. The van der Waals surface area contributed by atoms with E-state index in [0.29, 0.717) is 19.3 Å². The summed E-state index contributed by atoms with van der Waals surface area (Å²) in [4.78, 5) is 36.3. The third kappa shape index (κ3) is 4.79. The average molecular weight is 463 g/mol. The van der Waals surface area contributed by atoms with Gasteiger partial charge in [0, 0.05) is 23.9 Å². The van der Waals surface area contributed by atoms with E-state index in [2.05, 4.69) is 34.9 Å². The lowest BCUT2D eigenvalue weighted by atomic mass is 9.98. The molecule has 5 rings (SSSR count). The first-order chi connectivity index (χ1) is 16.5. The van der Waals surface area contributed by atoms with E-state index in [-0.39, 0.29) is 48.8 Å². The molecular formula is C27H30N2O5. The molecule has 0 spiro atoms. The van der Waals surface area contributed by atoms with Crippen molar-refractivity contribution < 1.29 is 24.2 Å². The summed E-state index contributed by atoms with van der Waals surface area (Å²) in [5.41, 5.74) is 4.70. The molecule has 7 nitrogen and oxygen atoms in total. The molecule has 2 amide bonds. The van der Waals surface area contributed by atoms with Crippen LogP contribution in [-0.2, 0) is 14.3 Å². The minimum atomic E-state index is -0.890. The highest BCUT2D eigenvalue weighted by atomic mass is 16.5. The van der Waals surface area contributed by atoms with Gasteiger partial charge in [0.05, 0.1) is 6.42 Å². The Morgan fingerprint density at radius 3 is 2.21 bits per heavy atom. The minimum absolute atomic E-state index is 0.00819. The third-order valence-electron chi connectivity index (χ3n) is 7.38. The lowest BCUT2D eigenvalue weighted by Crippen LogP contribution is -2.41. The number of alkyl carbamates (subject to hydrolysis) is 1. The third-order valence-corrected chi connectivity index (χ3v) is 7.38. The van der Waals surface area contributed by atoms with Crippen molar-refractivity contribution >= 4 is 18.0 Å².